The Bertz CT molecular complexity index is 6660. The third-order valence-electron chi connectivity index (χ3n) is 20.1. The van der Waals surface area contributed by atoms with Gasteiger partial charge < -0.3 is 56.9 Å². The Morgan fingerprint density at radius 3 is 0.985 bits per heavy atom. The van der Waals surface area contributed by atoms with Gasteiger partial charge in [0.05, 0.1) is 46.3 Å². The second-order valence-electron chi connectivity index (χ2n) is 29.2. The average Bonchev–Trinajstić information content (AvgIpc) is 1.40. The number of carboxylic acid groups (broad SMARTS) is 5. The summed E-state index contributed by atoms with van der Waals surface area (Å²) >= 11 is 7.98. The topological polar surface area (TPSA) is 385 Å². The molecule has 0 unspecified atom stereocenters. The normalized spacial score (nSPS) is 10.5. The van der Waals surface area contributed by atoms with Gasteiger partial charge in [-0.05, 0) is 243 Å². The van der Waals surface area contributed by atoms with Crippen LogP contribution in [0.4, 0.5) is 57.5 Å². The zero-order valence-electron chi connectivity index (χ0n) is 72.6. The van der Waals surface area contributed by atoms with Crippen molar-refractivity contribution in [1.82, 2.24) is 49.8 Å². The number of methoxy groups -OCH3 is 1. The molecular formula is C101H91N15O11S5. The highest BCUT2D eigenvalue weighted by Crippen LogP contribution is 2.37. The molecule has 0 amide bonds. The molecule has 31 heteroatoms. The molecule has 10 heterocycles. The van der Waals surface area contributed by atoms with E-state index in [2.05, 4.69) is 99.4 Å². The number of carboxylic acids is 5. The summed E-state index contributed by atoms with van der Waals surface area (Å²) in [6.07, 6.45) is 12.3. The van der Waals surface area contributed by atoms with Crippen LogP contribution in [0.3, 0.4) is 0 Å². The first-order valence-electron chi connectivity index (χ1n) is 40.9. The monoisotopic (exact) mass is 1850 g/mol. The Kier molecular flexibility index (Phi) is 33.1. The molecule has 0 atom stereocenters. The first-order valence-corrected chi connectivity index (χ1v) is 45.5. The van der Waals surface area contributed by atoms with Crippen LogP contribution in [0.15, 0.2) is 275 Å². The number of carbonyl (C=O) groups is 5. The molecule has 10 N–H and O–H groups in total. The van der Waals surface area contributed by atoms with Crippen LogP contribution in [-0.2, 0) is 43.3 Å². The van der Waals surface area contributed by atoms with Gasteiger partial charge in [0.25, 0.3) is 0 Å². The van der Waals surface area contributed by atoms with E-state index < -0.39 is 29.8 Å². The number of allylic oxidation sites excluding steroid dienone is 5. The molecule has 132 heavy (non-hydrogen) atoms. The summed E-state index contributed by atoms with van der Waals surface area (Å²) in [7, 11) is 1.50. The van der Waals surface area contributed by atoms with Crippen LogP contribution in [0.2, 0.25) is 0 Å². The van der Waals surface area contributed by atoms with Gasteiger partial charge in [-0.1, -0.05) is 60.7 Å². The van der Waals surface area contributed by atoms with Crippen molar-refractivity contribution in [2.45, 2.75) is 73.1 Å². The molecule has 0 aliphatic heterocycles. The van der Waals surface area contributed by atoms with E-state index in [1.54, 1.807) is 142 Å². The number of hydrogen-bond acceptors (Lipinski definition) is 26. The Morgan fingerprint density at radius 1 is 0.341 bits per heavy atom. The number of aryl methyl sites for hydroxylation is 5. The lowest BCUT2D eigenvalue weighted by atomic mass is 10.1. The quantitative estimate of drug-likeness (QED) is 0.0175. The van der Waals surface area contributed by atoms with Crippen molar-refractivity contribution >= 4 is 155 Å². The number of thiophene rings is 5. The van der Waals surface area contributed by atoms with E-state index in [1.165, 1.54) is 19.2 Å². The van der Waals surface area contributed by atoms with Gasteiger partial charge in [0.15, 0.2) is 29.1 Å². The minimum Gasteiger partial charge on any atom is -0.495 e. The summed E-state index contributed by atoms with van der Waals surface area (Å²) in [6, 6.07) is 48.0. The lowest BCUT2D eigenvalue weighted by Crippen LogP contribution is -2.06. The number of benzene rings is 6. The summed E-state index contributed by atoms with van der Waals surface area (Å²) < 4.78 is 5.35. The van der Waals surface area contributed by atoms with E-state index >= 15 is 0 Å². The molecule has 0 spiro atoms. The minimum absolute atomic E-state index is 0.0108. The smallest absolute Gasteiger partial charge is 0.335 e. The SMILES string of the molecule is C=CCc1c(C)nc(-c2cccs2)nc1Nc1ccc(C(=O)O)cc1.C=CCc1c(C)nc(-c2ccsc2)nc1Nc1ccc(C(=O)O)cc1.C=CCc1c(C)nc(-c2ccsc2)nc1Nc1ccc(C(=O)O)cc1OC.C=CCc1c(C)nc(-c2ccsc2)nc1Nc1ccc(CC(=O)O)cc1.C=CCc1c(C)nc(-c2ccsc2)nc1Nc1ccc2cc(C(=O)O)ccc2c1. The molecule has 0 saturated heterocycles. The number of nitrogens with one attached hydrogen (secondary N) is 5. The number of aliphatic carboxylic acids is 1. The van der Waals surface area contributed by atoms with E-state index in [-0.39, 0.29) is 28.7 Å². The lowest BCUT2D eigenvalue weighted by molar-refractivity contribution is -0.136. The highest BCUT2D eigenvalue weighted by atomic mass is 32.1. The van der Waals surface area contributed by atoms with E-state index in [9.17, 15) is 34.2 Å². The molecule has 0 fully saturated rings. The van der Waals surface area contributed by atoms with Crippen LogP contribution in [0, 0.1) is 34.6 Å². The van der Waals surface area contributed by atoms with Crippen molar-refractivity contribution in [2.75, 3.05) is 33.7 Å². The summed E-state index contributed by atoms with van der Waals surface area (Å²) in [5.74, 6) is 2.63. The Balaban J connectivity index is 0.000000149. The lowest BCUT2D eigenvalue weighted by Gasteiger charge is -2.16. The molecule has 10 aromatic heterocycles. The predicted octanol–water partition coefficient (Wildman–Crippen LogP) is 24.5. The summed E-state index contributed by atoms with van der Waals surface area (Å²) in [4.78, 5) is 103. The van der Waals surface area contributed by atoms with Crippen molar-refractivity contribution < 1.29 is 54.2 Å². The third-order valence-corrected chi connectivity index (χ3v) is 23.7. The number of nitrogens with zero attached hydrogens (tertiary/aromatic N) is 10. The van der Waals surface area contributed by atoms with Gasteiger partial charge >= 0.3 is 29.8 Å². The number of ether oxygens (including phenoxy) is 1. The van der Waals surface area contributed by atoms with Gasteiger partial charge in [0.2, 0.25) is 0 Å². The fourth-order valence-electron chi connectivity index (χ4n) is 13.4. The fourth-order valence-corrected chi connectivity index (χ4v) is 16.6. The summed E-state index contributed by atoms with van der Waals surface area (Å²) in [5, 5.41) is 81.7. The Labute approximate surface area is 781 Å². The molecule has 0 saturated carbocycles. The van der Waals surface area contributed by atoms with Crippen molar-refractivity contribution in [3.63, 3.8) is 0 Å². The van der Waals surface area contributed by atoms with Crippen LogP contribution in [-0.4, -0.2) is 112 Å². The number of anilines is 10. The van der Waals surface area contributed by atoms with Gasteiger partial charge in [-0.3, -0.25) is 4.79 Å². The molecule has 26 nitrogen and oxygen atoms in total. The molecule has 16 aromatic rings. The maximum Gasteiger partial charge on any atom is 0.335 e. The zero-order valence-corrected chi connectivity index (χ0v) is 76.7. The van der Waals surface area contributed by atoms with Crippen molar-refractivity contribution in [3.8, 4) is 62.0 Å². The number of hydrogen-bond donors (Lipinski definition) is 10. The van der Waals surface area contributed by atoms with Gasteiger partial charge in [0, 0.05) is 123 Å². The van der Waals surface area contributed by atoms with Crippen LogP contribution < -0.4 is 31.3 Å². The van der Waals surface area contributed by atoms with Gasteiger partial charge in [-0.15, -0.1) is 44.2 Å². The first kappa shape index (κ1) is 95.4. The van der Waals surface area contributed by atoms with Crippen LogP contribution in [0.1, 0.15) is 103 Å². The number of fused-ring (bicyclic) bond motifs is 1. The first-order chi connectivity index (χ1) is 63.8. The molecule has 16 rings (SSSR count). The predicted molar refractivity (Wildman–Crippen MR) is 532 cm³/mol. The highest BCUT2D eigenvalue weighted by Gasteiger charge is 2.22. The van der Waals surface area contributed by atoms with Gasteiger partial charge in [-0.2, -0.15) is 45.3 Å². The largest absolute Gasteiger partial charge is 0.495 e. The number of rotatable bonds is 32. The molecule has 0 bridgehead atoms. The third kappa shape index (κ3) is 25.2. The highest BCUT2D eigenvalue weighted by molar-refractivity contribution is 7.13. The molecule has 0 radical (unpaired) electrons. The fraction of sp³-hybridized carbons (Fsp3) is 0.119. The van der Waals surface area contributed by atoms with Crippen molar-refractivity contribution in [2.24, 2.45) is 0 Å². The zero-order chi connectivity index (χ0) is 93.9. The van der Waals surface area contributed by atoms with Crippen LogP contribution >= 0.6 is 56.7 Å². The van der Waals surface area contributed by atoms with Crippen LogP contribution in [0.25, 0.3) is 67.0 Å². The maximum absolute atomic E-state index is 11.2. The van der Waals surface area contributed by atoms with E-state index in [4.69, 9.17) is 30.0 Å². The summed E-state index contributed by atoms with van der Waals surface area (Å²) in [5.41, 5.74) is 18.8. The van der Waals surface area contributed by atoms with E-state index in [0.29, 0.717) is 90.1 Å². The Morgan fingerprint density at radius 2 is 0.652 bits per heavy atom. The number of aromatic carboxylic acids is 4. The van der Waals surface area contributed by atoms with Crippen LogP contribution in [0.5, 0.6) is 5.75 Å². The molecular weight excluding hydrogens is 1760 g/mol. The minimum atomic E-state index is -1.01. The van der Waals surface area contributed by atoms with Crippen molar-refractivity contribution in [3.05, 3.63) is 360 Å². The van der Waals surface area contributed by atoms with Gasteiger partial charge in [-0.25, -0.2) is 69.0 Å². The second-order valence-corrected chi connectivity index (χ2v) is 33.3. The molecule has 666 valence electrons. The standard InChI is InChI=1S/C23H19N3O2S.C20H19N3O3S.C20H19N3O2S.2C19H17N3O2S/c1-3-4-20-14(2)24-21(18-9-10-29-13-18)26-22(20)25-19-8-7-15-11-17(23(27)28)6-5-16(15)12-19;1-4-5-15-12(2)21-18(14-8-9-27-11-14)23-19(15)22-16-7-6-13(20(24)25)10-17(16)26-3;1-3-4-17-13(2)21-19(15-9-10-26-12-15)23-20(17)22-16-7-5-14(6-8-16)11-18(24)25;1-3-5-15-12(2)20-18(16-6-4-11-25-16)22-17(15)21-14-9-7-13(8-10-14)19(23)24;1-3-4-16-12(2)20-17(14-9-10-25-11-14)22-18(16)21-15-7-5-13(6-8-15)19(23)24/h3,5-13H,1,4H2,2H3,(H,27,28)(H,24,25,26);4,6-11H,1,5H2,2-3H3,(H,24,25)(H,21,22,23);3,5-10,12H,1,4,11H2,2H3,(H,24,25)(H,21,22,23);3-4,6-11H,1,5H2,2H3,(H,23,24)(H,20,21,22);3,5-11H,1,4H2,2H3,(H,23,24)(H,20,21,22). The molecule has 6 aromatic carbocycles. The van der Waals surface area contributed by atoms with E-state index in [0.717, 1.165) is 134 Å². The van der Waals surface area contributed by atoms with Gasteiger partial charge in [0.1, 0.15) is 34.8 Å². The Hall–Kier alpha value is -15.7. The maximum atomic E-state index is 11.2. The van der Waals surface area contributed by atoms with Crippen molar-refractivity contribution in [1.29, 1.82) is 0 Å². The molecule has 0 aliphatic carbocycles. The second kappa shape index (κ2) is 45.8. The number of aromatic nitrogens is 10. The summed E-state index contributed by atoms with van der Waals surface area (Å²) in [6.45, 7) is 28.9. The average molecular weight is 1850 g/mol. The molecule has 0 aliphatic rings. The van der Waals surface area contributed by atoms with E-state index in [1.807, 2.05) is 180 Å².